The number of carbonyl (C=O) groups excluding carboxylic acids is 3. The average Bonchev–Trinajstić information content (AvgIpc) is 2.76. The number of hydrogen-bond donors (Lipinski definition) is 0. The Morgan fingerprint density at radius 2 is 2.00 bits per heavy atom. The predicted octanol–water partition coefficient (Wildman–Crippen LogP) is 1.02. The van der Waals surface area contributed by atoms with Crippen molar-refractivity contribution >= 4 is 23.6 Å². The van der Waals surface area contributed by atoms with Gasteiger partial charge in [-0.2, -0.15) is 0 Å². The third kappa shape index (κ3) is 2.88. The Kier molecular flexibility index (Phi) is 3.75. The molecule has 0 radical (unpaired) electrons. The highest BCUT2D eigenvalue weighted by Gasteiger charge is 2.39. The second kappa shape index (κ2) is 5.48. The van der Waals surface area contributed by atoms with E-state index in [2.05, 4.69) is 4.74 Å². The molecule has 1 saturated heterocycles. The Hall–Kier alpha value is -2.43. The van der Waals surface area contributed by atoms with E-state index >= 15 is 0 Å². The van der Waals surface area contributed by atoms with Crippen molar-refractivity contribution in [2.75, 3.05) is 13.7 Å². The first kappa shape index (κ1) is 13.0. The summed E-state index contributed by atoms with van der Waals surface area (Å²) in [5.41, 5.74) is 0.771. The van der Waals surface area contributed by atoms with Crippen LogP contribution in [-0.4, -0.2) is 31.3 Å². The predicted molar refractivity (Wildman–Crippen MR) is 66.5 cm³/mol. The van der Waals surface area contributed by atoms with Gasteiger partial charge in [0.05, 0.1) is 7.11 Å². The fourth-order valence-electron chi connectivity index (χ4n) is 1.70. The molecule has 5 nitrogen and oxygen atoms in total. The van der Waals surface area contributed by atoms with Crippen molar-refractivity contribution in [3.63, 3.8) is 0 Å². The first-order valence-corrected chi connectivity index (χ1v) is 5.67. The van der Waals surface area contributed by atoms with Crippen molar-refractivity contribution in [1.29, 1.82) is 0 Å². The number of esters is 1. The number of methoxy groups -OCH3 is 1. The van der Waals surface area contributed by atoms with Gasteiger partial charge >= 0.3 is 5.97 Å². The monoisotopic (exact) mass is 260 g/mol. The molecule has 0 bridgehead atoms. The van der Waals surface area contributed by atoms with Gasteiger partial charge in [-0.05, 0) is 23.8 Å². The van der Waals surface area contributed by atoms with Gasteiger partial charge in [-0.3, -0.25) is 14.4 Å². The maximum absolute atomic E-state index is 11.7. The number of allylic oxidation sites excluding steroid dienone is 1. The summed E-state index contributed by atoms with van der Waals surface area (Å²) in [4.78, 5) is 34.2. The van der Waals surface area contributed by atoms with Gasteiger partial charge in [-0.15, -0.1) is 0 Å². The second-order valence-electron chi connectivity index (χ2n) is 4.02. The van der Waals surface area contributed by atoms with Crippen LogP contribution in [0.25, 0.3) is 6.08 Å². The lowest BCUT2D eigenvalue weighted by Gasteiger charge is -2.00. The Morgan fingerprint density at radius 1 is 1.32 bits per heavy atom. The van der Waals surface area contributed by atoms with Crippen LogP contribution in [0.3, 0.4) is 0 Å². The summed E-state index contributed by atoms with van der Waals surface area (Å²) >= 11 is 0. The molecular weight excluding hydrogens is 248 g/mol. The molecule has 0 aromatic heterocycles. The molecule has 0 spiro atoms. The maximum Gasteiger partial charge on any atom is 0.325 e. The number of ketones is 2. The van der Waals surface area contributed by atoms with Crippen LogP contribution in [0.2, 0.25) is 0 Å². The SMILES string of the molecule is COc1ccc(/C=C/C(=O)[C@H]2C(=O)COC2=O)cc1. The van der Waals surface area contributed by atoms with E-state index in [4.69, 9.17) is 4.74 Å². The van der Waals surface area contributed by atoms with E-state index in [1.54, 1.807) is 37.5 Å². The van der Waals surface area contributed by atoms with Gasteiger partial charge in [0.2, 0.25) is 0 Å². The first-order chi connectivity index (χ1) is 9.11. The molecule has 1 atom stereocenters. The lowest BCUT2D eigenvalue weighted by molar-refractivity contribution is -0.143. The molecule has 1 aliphatic heterocycles. The number of ether oxygens (including phenoxy) is 2. The molecule has 1 heterocycles. The van der Waals surface area contributed by atoms with E-state index in [0.29, 0.717) is 5.75 Å². The Bertz CT molecular complexity index is 525. The number of carbonyl (C=O) groups is 3. The summed E-state index contributed by atoms with van der Waals surface area (Å²) in [5, 5.41) is 0. The minimum absolute atomic E-state index is 0.314. The van der Waals surface area contributed by atoms with Crippen LogP contribution >= 0.6 is 0 Å². The minimum atomic E-state index is -1.30. The quantitative estimate of drug-likeness (QED) is 0.459. The van der Waals surface area contributed by atoms with Gasteiger partial charge < -0.3 is 9.47 Å². The summed E-state index contributed by atoms with van der Waals surface area (Å²) in [6.45, 7) is -0.314. The zero-order valence-corrected chi connectivity index (χ0v) is 10.3. The summed E-state index contributed by atoms with van der Waals surface area (Å²) in [7, 11) is 1.56. The summed E-state index contributed by atoms with van der Waals surface area (Å²) in [6.07, 6.45) is 2.76. The highest BCUT2D eigenvalue weighted by atomic mass is 16.5. The lowest BCUT2D eigenvalue weighted by Crippen LogP contribution is -2.23. The van der Waals surface area contributed by atoms with E-state index in [1.807, 2.05) is 0 Å². The largest absolute Gasteiger partial charge is 0.497 e. The third-order valence-corrected chi connectivity index (χ3v) is 2.75. The van der Waals surface area contributed by atoms with Crippen molar-refractivity contribution in [3.05, 3.63) is 35.9 Å². The van der Waals surface area contributed by atoms with Crippen molar-refractivity contribution in [3.8, 4) is 5.75 Å². The molecule has 1 fully saturated rings. The molecule has 0 N–H and O–H groups in total. The zero-order valence-electron chi connectivity index (χ0n) is 10.3. The summed E-state index contributed by atoms with van der Waals surface area (Å²) in [5.74, 6) is -2.40. The molecule has 0 amide bonds. The van der Waals surface area contributed by atoms with Crippen LogP contribution in [0.4, 0.5) is 0 Å². The smallest absolute Gasteiger partial charge is 0.325 e. The van der Waals surface area contributed by atoms with E-state index in [0.717, 1.165) is 5.56 Å². The molecule has 1 aromatic carbocycles. The van der Waals surface area contributed by atoms with E-state index < -0.39 is 23.5 Å². The molecule has 2 rings (SSSR count). The van der Waals surface area contributed by atoms with Crippen molar-refractivity contribution in [2.24, 2.45) is 5.92 Å². The van der Waals surface area contributed by atoms with E-state index in [9.17, 15) is 14.4 Å². The van der Waals surface area contributed by atoms with Gasteiger partial charge in [-0.1, -0.05) is 18.2 Å². The van der Waals surface area contributed by atoms with Crippen LogP contribution in [0.1, 0.15) is 5.56 Å². The Balaban J connectivity index is 2.07. The normalized spacial score (nSPS) is 18.7. The summed E-state index contributed by atoms with van der Waals surface area (Å²) < 4.78 is 9.53. The topological polar surface area (TPSA) is 69.7 Å². The van der Waals surface area contributed by atoms with Crippen molar-refractivity contribution in [1.82, 2.24) is 0 Å². The van der Waals surface area contributed by atoms with Gasteiger partial charge in [-0.25, -0.2) is 0 Å². The van der Waals surface area contributed by atoms with E-state index in [-0.39, 0.29) is 6.61 Å². The van der Waals surface area contributed by atoms with Gasteiger partial charge in [0.15, 0.2) is 24.1 Å². The highest BCUT2D eigenvalue weighted by Crippen LogP contribution is 2.15. The Morgan fingerprint density at radius 3 is 2.53 bits per heavy atom. The zero-order chi connectivity index (χ0) is 13.8. The fourth-order valence-corrected chi connectivity index (χ4v) is 1.70. The number of Topliss-reactive ketones (excluding diaryl/α,β-unsaturated/α-hetero) is 1. The number of hydrogen-bond acceptors (Lipinski definition) is 5. The maximum atomic E-state index is 11.7. The molecule has 0 aliphatic carbocycles. The van der Waals surface area contributed by atoms with Crippen molar-refractivity contribution in [2.45, 2.75) is 0 Å². The molecule has 0 unspecified atom stereocenters. The van der Waals surface area contributed by atoms with Crippen LogP contribution in [0.15, 0.2) is 30.3 Å². The Labute approximate surface area is 109 Å². The minimum Gasteiger partial charge on any atom is -0.497 e. The molecule has 1 aromatic rings. The van der Waals surface area contributed by atoms with Crippen LogP contribution < -0.4 is 4.74 Å². The third-order valence-electron chi connectivity index (χ3n) is 2.75. The summed E-state index contributed by atoms with van der Waals surface area (Å²) in [6, 6.07) is 7.02. The van der Waals surface area contributed by atoms with Crippen LogP contribution in [-0.2, 0) is 19.1 Å². The standard InChI is InChI=1S/C14H12O5/c1-18-10-5-2-9(3-6-10)4-7-11(15)13-12(16)8-19-14(13)17/h2-7,13H,8H2,1H3/b7-4+/t13-/m0/s1. The average molecular weight is 260 g/mol. The van der Waals surface area contributed by atoms with Gasteiger partial charge in [0.25, 0.3) is 0 Å². The van der Waals surface area contributed by atoms with Crippen molar-refractivity contribution < 1.29 is 23.9 Å². The van der Waals surface area contributed by atoms with Crippen LogP contribution in [0.5, 0.6) is 5.75 Å². The van der Waals surface area contributed by atoms with E-state index in [1.165, 1.54) is 6.08 Å². The lowest BCUT2D eigenvalue weighted by atomic mass is 10.0. The number of cyclic esters (lactones) is 1. The first-order valence-electron chi connectivity index (χ1n) is 5.67. The highest BCUT2D eigenvalue weighted by molar-refractivity contribution is 6.24. The van der Waals surface area contributed by atoms with Gasteiger partial charge in [0.1, 0.15) is 5.75 Å². The van der Waals surface area contributed by atoms with Crippen LogP contribution in [0, 0.1) is 5.92 Å². The molecule has 1 aliphatic rings. The fraction of sp³-hybridized carbons (Fsp3) is 0.214. The molecule has 98 valence electrons. The number of rotatable bonds is 4. The molecule has 0 saturated carbocycles. The van der Waals surface area contributed by atoms with Gasteiger partial charge in [0, 0.05) is 0 Å². The molecular formula is C14H12O5. The number of benzene rings is 1. The second-order valence-corrected chi connectivity index (χ2v) is 4.02. The molecule has 19 heavy (non-hydrogen) atoms. The molecule has 5 heteroatoms.